The van der Waals surface area contributed by atoms with E-state index in [2.05, 4.69) is 20.0 Å². The van der Waals surface area contributed by atoms with Crippen molar-refractivity contribution in [2.24, 2.45) is 0 Å². The maximum Gasteiger partial charge on any atom is 0.263 e. The lowest BCUT2D eigenvalue weighted by atomic mass is 10.2. The molecule has 0 aliphatic rings. The molecule has 3 rings (SSSR count). The van der Waals surface area contributed by atoms with Crippen molar-refractivity contribution in [1.29, 1.82) is 5.26 Å². The Morgan fingerprint density at radius 2 is 1.97 bits per heavy atom. The topological polar surface area (TPSA) is 117 Å². The van der Waals surface area contributed by atoms with E-state index in [1.807, 2.05) is 6.07 Å². The minimum Gasteiger partial charge on any atom is -0.454 e. The van der Waals surface area contributed by atoms with Crippen molar-refractivity contribution in [3.05, 3.63) is 65.2 Å². The van der Waals surface area contributed by atoms with Gasteiger partial charge in [-0.05, 0) is 30.3 Å². The molecule has 0 unspecified atom stereocenters. The Morgan fingerprint density at radius 3 is 2.59 bits per heavy atom. The fourth-order valence-corrected chi connectivity index (χ4v) is 3.56. The molecule has 0 bridgehead atoms. The molecule has 0 radical (unpaired) electrons. The van der Waals surface area contributed by atoms with Crippen LogP contribution in [0.1, 0.15) is 5.56 Å². The lowest BCUT2D eigenvalue weighted by Crippen LogP contribution is -2.14. The van der Waals surface area contributed by atoms with Crippen molar-refractivity contribution >= 4 is 33.3 Å². The molecule has 1 aromatic carbocycles. The number of halogens is 2. The largest absolute Gasteiger partial charge is 0.454 e. The Kier molecular flexibility index (Phi) is 5.81. The van der Waals surface area contributed by atoms with Gasteiger partial charge in [0, 0.05) is 13.1 Å². The average Bonchev–Trinajstić information content (AvgIpc) is 2.70. The number of anilines is 2. The highest BCUT2D eigenvalue weighted by Gasteiger charge is 2.18. The molecule has 0 amide bonds. The van der Waals surface area contributed by atoms with E-state index in [0.717, 1.165) is 18.3 Å². The van der Waals surface area contributed by atoms with E-state index in [-0.39, 0.29) is 27.8 Å². The lowest BCUT2D eigenvalue weighted by Gasteiger charge is -2.11. The van der Waals surface area contributed by atoms with Gasteiger partial charge >= 0.3 is 0 Å². The van der Waals surface area contributed by atoms with Gasteiger partial charge in [0.1, 0.15) is 35.0 Å². The number of hydrogen-bond donors (Lipinski definition) is 2. The molecule has 0 aliphatic carbocycles. The van der Waals surface area contributed by atoms with Crippen LogP contribution in [0.25, 0.3) is 0 Å². The van der Waals surface area contributed by atoms with Crippen LogP contribution >= 0.6 is 11.6 Å². The predicted molar refractivity (Wildman–Crippen MR) is 105 cm³/mol. The zero-order chi connectivity index (χ0) is 21.0. The zero-order valence-electron chi connectivity index (χ0n) is 14.8. The molecule has 0 atom stereocenters. The van der Waals surface area contributed by atoms with E-state index in [4.69, 9.17) is 16.3 Å². The number of nitrogens with zero attached hydrogens (tertiary/aromatic N) is 3. The second kappa shape index (κ2) is 8.30. The van der Waals surface area contributed by atoms with E-state index >= 15 is 0 Å². The molecule has 0 spiro atoms. The Labute approximate surface area is 171 Å². The van der Waals surface area contributed by atoms with Crippen LogP contribution in [0.4, 0.5) is 16.0 Å². The van der Waals surface area contributed by atoms with Crippen molar-refractivity contribution in [2.45, 2.75) is 4.90 Å². The van der Waals surface area contributed by atoms with Gasteiger partial charge < -0.3 is 10.1 Å². The summed E-state index contributed by atoms with van der Waals surface area (Å²) in [5.41, 5.74) is -0.0197. The highest BCUT2D eigenvalue weighted by Crippen LogP contribution is 2.30. The number of benzene rings is 1. The van der Waals surface area contributed by atoms with Gasteiger partial charge in [0.25, 0.3) is 10.0 Å². The van der Waals surface area contributed by atoms with Crippen LogP contribution in [0.5, 0.6) is 11.5 Å². The summed E-state index contributed by atoms with van der Waals surface area (Å²) in [6.07, 6.45) is 2.29. The summed E-state index contributed by atoms with van der Waals surface area (Å²) >= 11 is 6.05. The molecule has 2 aromatic heterocycles. The number of nitriles is 1. The Morgan fingerprint density at radius 1 is 1.17 bits per heavy atom. The van der Waals surface area contributed by atoms with Crippen molar-refractivity contribution in [3.63, 3.8) is 0 Å². The van der Waals surface area contributed by atoms with Gasteiger partial charge in [-0.3, -0.25) is 4.72 Å². The smallest absolute Gasteiger partial charge is 0.263 e. The molecule has 2 heterocycles. The molecule has 11 heteroatoms. The number of nitrogens with one attached hydrogen (secondary N) is 2. The maximum atomic E-state index is 12.9. The summed E-state index contributed by atoms with van der Waals surface area (Å²) in [5.74, 6) is 0.201. The van der Waals surface area contributed by atoms with Gasteiger partial charge in [0.15, 0.2) is 0 Å². The monoisotopic (exact) mass is 433 g/mol. The standard InChI is InChI=1S/C18H13ClFN5O3S/c1-22-18-15(19)7-13(10-24-18)28-16-4-3-14(6-11(16)8-21)29(26,27)25-17-5-2-12(20)9-23-17/h2-7,9-10H,1H3,(H,22,24)(H,23,25). The van der Waals surface area contributed by atoms with Gasteiger partial charge in [0.05, 0.1) is 27.9 Å². The highest BCUT2D eigenvalue weighted by atomic mass is 35.5. The molecule has 8 nitrogen and oxygen atoms in total. The molecule has 2 N–H and O–H groups in total. The summed E-state index contributed by atoms with van der Waals surface area (Å²) in [5, 5.41) is 12.5. The molecule has 148 valence electrons. The third kappa shape index (κ3) is 4.71. The van der Waals surface area contributed by atoms with Gasteiger partial charge in [-0.1, -0.05) is 11.6 Å². The van der Waals surface area contributed by atoms with Crippen LogP contribution in [-0.4, -0.2) is 25.4 Å². The van der Waals surface area contributed by atoms with E-state index < -0.39 is 15.8 Å². The average molecular weight is 434 g/mol. The van der Waals surface area contributed by atoms with Gasteiger partial charge in [-0.15, -0.1) is 0 Å². The first-order valence-electron chi connectivity index (χ1n) is 8.02. The normalized spacial score (nSPS) is 10.8. The van der Waals surface area contributed by atoms with Crippen LogP contribution < -0.4 is 14.8 Å². The Bertz CT molecular complexity index is 1200. The van der Waals surface area contributed by atoms with Crippen molar-refractivity contribution in [3.8, 4) is 17.6 Å². The maximum absolute atomic E-state index is 12.9. The minimum atomic E-state index is -4.05. The molecule has 0 aliphatic heterocycles. The van der Waals surface area contributed by atoms with E-state index in [1.54, 1.807) is 7.05 Å². The van der Waals surface area contributed by atoms with Gasteiger partial charge in [-0.25, -0.2) is 22.8 Å². The van der Waals surface area contributed by atoms with E-state index in [9.17, 15) is 18.1 Å². The number of pyridine rings is 2. The number of ether oxygens (including phenoxy) is 1. The molecular weight excluding hydrogens is 421 g/mol. The van der Waals surface area contributed by atoms with Crippen LogP contribution in [0.3, 0.4) is 0 Å². The first-order chi connectivity index (χ1) is 13.8. The first kappa shape index (κ1) is 20.3. The number of rotatable bonds is 6. The molecule has 0 saturated carbocycles. The molecule has 0 fully saturated rings. The predicted octanol–water partition coefficient (Wildman–Crippen LogP) is 3.78. The van der Waals surface area contributed by atoms with Crippen LogP contribution in [0.2, 0.25) is 5.02 Å². The quantitative estimate of drug-likeness (QED) is 0.607. The summed E-state index contributed by atoms with van der Waals surface area (Å²) in [4.78, 5) is 7.53. The second-order valence-corrected chi connectivity index (χ2v) is 7.68. The van der Waals surface area contributed by atoms with Crippen LogP contribution in [-0.2, 0) is 10.0 Å². The molecule has 0 saturated heterocycles. The number of aromatic nitrogens is 2. The molecule has 29 heavy (non-hydrogen) atoms. The van der Waals surface area contributed by atoms with Gasteiger partial charge in [-0.2, -0.15) is 5.26 Å². The third-order valence-electron chi connectivity index (χ3n) is 3.63. The summed E-state index contributed by atoms with van der Waals surface area (Å²) < 4.78 is 45.8. The summed E-state index contributed by atoms with van der Waals surface area (Å²) in [7, 11) is -2.38. The van der Waals surface area contributed by atoms with E-state index in [0.29, 0.717) is 10.8 Å². The molecular formula is C18H13ClFN5O3S. The van der Waals surface area contributed by atoms with Crippen molar-refractivity contribution in [2.75, 3.05) is 17.1 Å². The van der Waals surface area contributed by atoms with E-state index in [1.165, 1.54) is 30.5 Å². The minimum absolute atomic E-state index is 0.0197. The van der Waals surface area contributed by atoms with Crippen LogP contribution in [0.15, 0.2) is 53.7 Å². The highest BCUT2D eigenvalue weighted by molar-refractivity contribution is 7.92. The number of sulfonamides is 1. The summed E-state index contributed by atoms with van der Waals surface area (Å²) in [6.45, 7) is 0. The fourth-order valence-electron chi connectivity index (χ4n) is 2.27. The SMILES string of the molecule is CNc1ncc(Oc2ccc(S(=O)(=O)Nc3ccc(F)cn3)cc2C#N)cc1Cl. The van der Waals surface area contributed by atoms with Crippen LogP contribution in [0, 0.1) is 17.1 Å². The second-order valence-electron chi connectivity index (χ2n) is 5.59. The Hall–Kier alpha value is -3.42. The third-order valence-corrected chi connectivity index (χ3v) is 5.27. The molecule has 3 aromatic rings. The number of hydrogen-bond acceptors (Lipinski definition) is 7. The Balaban J connectivity index is 1.87. The zero-order valence-corrected chi connectivity index (χ0v) is 16.4. The summed E-state index contributed by atoms with van der Waals surface area (Å²) in [6, 6.07) is 9.40. The van der Waals surface area contributed by atoms with Gasteiger partial charge in [0.2, 0.25) is 0 Å². The fraction of sp³-hybridized carbons (Fsp3) is 0.0556. The first-order valence-corrected chi connectivity index (χ1v) is 9.88. The van der Waals surface area contributed by atoms with Crippen molar-refractivity contribution < 1.29 is 17.5 Å². The van der Waals surface area contributed by atoms with Crippen molar-refractivity contribution in [1.82, 2.24) is 9.97 Å². The lowest BCUT2D eigenvalue weighted by molar-refractivity contribution is 0.478.